The van der Waals surface area contributed by atoms with E-state index in [1.165, 1.54) is 30.7 Å². The summed E-state index contributed by atoms with van der Waals surface area (Å²) in [7, 11) is 1.42. The number of hydrogen-bond acceptors (Lipinski definition) is 5. The van der Waals surface area contributed by atoms with Crippen molar-refractivity contribution in [1.82, 2.24) is 9.80 Å². The van der Waals surface area contributed by atoms with Gasteiger partial charge in [-0.25, -0.2) is 0 Å². The summed E-state index contributed by atoms with van der Waals surface area (Å²) in [4.78, 5) is 53.9. The first kappa shape index (κ1) is 24.2. The minimum Gasteiger partial charge on any atom is -0.480 e. The molecule has 1 aromatic rings. The summed E-state index contributed by atoms with van der Waals surface area (Å²) in [5, 5.41) is 22.2. The molecule has 1 fully saturated rings. The molecule has 33 heavy (non-hydrogen) atoms. The fourth-order valence-electron chi connectivity index (χ4n) is 4.72. The molecule has 3 rings (SSSR count). The number of benzene rings is 1. The molecule has 176 valence electrons. The van der Waals surface area contributed by atoms with Crippen LogP contribution in [0.5, 0.6) is 0 Å². The van der Waals surface area contributed by atoms with Gasteiger partial charge in [-0.05, 0) is 37.8 Å². The van der Waals surface area contributed by atoms with Gasteiger partial charge in [0.25, 0.3) is 0 Å². The van der Waals surface area contributed by atoms with Crippen LogP contribution in [0, 0.1) is 22.7 Å². The predicted molar refractivity (Wildman–Crippen MR) is 120 cm³/mol. The van der Waals surface area contributed by atoms with Crippen LogP contribution in [0.3, 0.4) is 0 Å². The predicted octanol–water partition coefficient (Wildman–Crippen LogP) is 1.98. The van der Waals surface area contributed by atoms with Crippen molar-refractivity contribution in [2.75, 3.05) is 18.9 Å². The van der Waals surface area contributed by atoms with E-state index in [-0.39, 0.29) is 24.8 Å². The fourth-order valence-corrected chi connectivity index (χ4v) is 4.72. The zero-order chi connectivity index (χ0) is 24.7. The van der Waals surface area contributed by atoms with E-state index >= 15 is 0 Å². The van der Waals surface area contributed by atoms with Crippen molar-refractivity contribution < 1.29 is 24.3 Å². The molecule has 1 saturated heterocycles. The van der Waals surface area contributed by atoms with Gasteiger partial charge in [0.2, 0.25) is 17.7 Å². The number of hydrogen-bond donors (Lipinski definition) is 2. The molecule has 1 unspecified atom stereocenters. The Morgan fingerprint density at radius 1 is 1.33 bits per heavy atom. The third-order valence-electron chi connectivity index (χ3n) is 6.75. The highest BCUT2D eigenvalue weighted by molar-refractivity contribution is 6.07. The Morgan fingerprint density at radius 3 is 2.55 bits per heavy atom. The summed E-state index contributed by atoms with van der Waals surface area (Å²) in [5.74, 6) is -2.67. The van der Waals surface area contributed by atoms with Crippen molar-refractivity contribution in [2.45, 2.75) is 58.0 Å². The number of nitriles is 1. The van der Waals surface area contributed by atoms with Crippen LogP contribution in [-0.4, -0.2) is 64.3 Å². The lowest BCUT2D eigenvalue weighted by Crippen LogP contribution is -2.55. The summed E-state index contributed by atoms with van der Waals surface area (Å²) in [6, 6.07) is 7.58. The second-order valence-corrected chi connectivity index (χ2v) is 9.89. The number of carbonyl (C=O) groups is 4. The lowest BCUT2D eigenvalue weighted by molar-refractivity contribution is -0.161. The van der Waals surface area contributed by atoms with E-state index in [9.17, 15) is 29.5 Å². The summed E-state index contributed by atoms with van der Waals surface area (Å²) in [5.41, 5.74) is -1.32. The van der Waals surface area contributed by atoms with Crippen LogP contribution in [-0.2, 0) is 24.6 Å². The summed E-state index contributed by atoms with van der Waals surface area (Å²) in [6.45, 7) is 6.41. The minimum absolute atomic E-state index is 0.0197. The number of anilines is 1. The number of para-hydroxylation sites is 1. The number of fused-ring (bicyclic) bond motifs is 2. The van der Waals surface area contributed by atoms with E-state index in [1.54, 1.807) is 12.1 Å². The van der Waals surface area contributed by atoms with Gasteiger partial charge in [0.05, 0.1) is 11.5 Å². The van der Waals surface area contributed by atoms with E-state index in [0.29, 0.717) is 12.1 Å². The molecule has 0 saturated carbocycles. The number of aliphatic carboxylic acids is 1. The monoisotopic (exact) mass is 454 g/mol. The molecule has 0 aromatic heterocycles. The van der Waals surface area contributed by atoms with Crippen molar-refractivity contribution in [3.63, 3.8) is 0 Å². The average Bonchev–Trinajstić information content (AvgIpc) is 3.29. The number of carboxylic acid groups (broad SMARTS) is 1. The van der Waals surface area contributed by atoms with Crippen molar-refractivity contribution >= 4 is 29.4 Å². The van der Waals surface area contributed by atoms with Crippen LogP contribution in [0.4, 0.5) is 5.69 Å². The topological polar surface area (TPSA) is 131 Å². The van der Waals surface area contributed by atoms with Gasteiger partial charge in [-0.1, -0.05) is 32.0 Å². The van der Waals surface area contributed by atoms with Crippen molar-refractivity contribution in [3.8, 4) is 6.07 Å². The Labute approximate surface area is 193 Å². The highest BCUT2D eigenvalue weighted by Crippen LogP contribution is 2.46. The second-order valence-electron chi connectivity index (χ2n) is 9.89. The standard InChI is InChI=1S/C24H30N4O5/c1-14(2)10-18(27(5)21(31)23(3,4)22(32)33)19(29)28-13-24(11-15(28)12-25)16-8-6-7-9-17(16)26-20(24)30/h6-9,14-15,18H,10-11,13H2,1-5H3,(H,26,30)(H,32,33)/t15?,18-,24-/m0/s1. The average molecular weight is 455 g/mol. The van der Waals surface area contributed by atoms with E-state index in [0.717, 1.165) is 5.56 Å². The number of amides is 3. The zero-order valence-electron chi connectivity index (χ0n) is 19.6. The smallest absolute Gasteiger partial charge is 0.318 e. The van der Waals surface area contributed by atoms with Crippen molar-refractivity contribution in [3.05, 3.63) is 29.8 Å². The normalized spacial score (nSPS) is 22.6. The van der Waals surface area contributed by atoms with Crippen LogP contribution >= 0.6 is 0 Å². The molecular weight excluding hydrogens is 424 g/mol. The van der Waals surface area contributed by atoms with E-state index in [4.69, 9.17) is 0 Å². The fraction of sp³-hybridized carbons (Fsp3) is 0.542. The zero-order valence-corrected chi connectivity index (χ0v) is 19.6. The molecule has 0 aliphatic carbocycles. The second kappa shape index (κ2) is 8.50. The van der Waals surface area contributed by atoms with Gasteiger partial charge in [-0.2, -0.15) is 5.26 Å². The molecule has 3 atom stereocenters. The first-order valence-corrected chi connectivity index (χ1v) is 11.0. The van der Waals surface area contributed by atoms with Crippen LogP contribution < -0.4 is 5.32 Å². The van der Waals surface area contributed by atoms with Gasteiger partial charge in [0.1, 0.15) is 17.5 Å². The van der Waals surface area contributed by atoms with E-state index in [2.05, 4.69) is 11.4 Å². The third kappa shape index (κ3) is 3.94. The summed E-state index contributed by atoms with van der Waals surface area (Å²) >= 11 is 0. The van der Waals surface area contributed by atoms with Crippen LogP contribution in [0.1, 0.15) is 46.1 Å². The number of likely N-dealkylation sites (N-methyl/N-ethyl adjacent to an activating group) is 1. The molecule has 3 amide bonds. The molecule has 0 radical (unpaired) electrons. The van der Waals surface area contributed by atoms with Crippen LogP contribution in [0.2, 0.25) is 0 Å². The lowest BCUT2D eigenvalue weighted by Gasteiger charge is -2.36. The molecule has 2 aliphatic rings. The third-order valence-corrected chi connectivity index (χ3v) is 6.75. The van der Waals surface area contributed by atoms with Gasteiger partial charge in [0.15, 0.2) is 0 Å². The SMILES string of the molecule is CC(C)C[C@@H](C(=O)N1C[C@]2(CC1C#N)C(=O)Nc1ccccc12)N(C)C(=O)C(C)(C)C(=O)O. The number of nitrogens with one attached hydrogen (secondary N) is 1. The number of rotatable bonds is 6. The Balaban J connectivity index is 1.96. The van der Waals surface area contributed by atoms with Gasteiger partial charge >= 0.3 is 5.97 Å². The Morgan fingerprint density at radius 2 is 1.97 bits per heavy atom. The maximum atomic E-state index is 13.8. The Hall–Kier alpha value is -3.41. The van der Waals surface area contributed by atoms with Gasteiger partial charge < -0.3 is 20.2 Å². The van der Waals surface area contributed by atoms with Crippen LogP contribution in [0.15, 0.2) is 24.3 Å². The number of carbonyl (C=O) groups excluding carboxylic acids is 3. The first-order valence-electron chi connectivity index (χ1n) is 11.0. The van der Waals surface area contributed by atoms with E-state index < -0.39 is 40.7 Å². The van der Waals surface area contributed by atoms with Gasteiger partial charge in [-0.15, -0.1) is 0 Å². The Kier molecular flexibility index (Phi) is 6.25. The largest absolute Gasteiger partial charge is 0.480 e. The van der Waals surface area contributed by atoms with Gasteiger partial charge in [0, 0.05) is 25.7 Å². The van der Waals surface area contributed by atoms with Crippen molar-refractivity contribution in [1.29, 1.82) is 5.26 Å². The summed E-state index contributed by atoms with van der Waals surface area (Å²) in [6.07, 6.45) is 0.450. The molecule has 2 aliphatic heterocycles. The molecule has 2 heterocycles. The van der Waals surface area contributed by atoms with E-state index in [1.807, 2.05) is 26.0 Å². The first-order chi connectivity index (χ1) is 15.4. The number of carboxylic acids is 1. The number of nitrogens with zero attached hydrogens (tertiary/aromatic N) is 3. The molecule has 2 N–H and O–H groups in total. The number of likely N-dealkylation sites (tertiary alicyclic amines) is 1. The highest BCUT2D eigenvalue weighted by Gasteiger charge is 2.57. The highest BCUT2D eigenvalue weighted by atomic mass is 16.4. The quantitative estimate of drug-likeness (QED) is 0.632. The molecule has 0 bridgehead atoms. The maximum absolute atomic E-state index is 13.8. The molecule has 9 heteroatoms. The molecule has 1 aromatic carbocycles. The lowest BCUT2D eigenvalue weighted by atomic mass is 9.80. The molecule has 9 nitrogen and oxygen atoms in total. The van der Waals surface area contributed by atoms with Crippen LogP contribution in [0.25, 0.3) is 0 Å². The van der Waals surface area contributed by atoms with Crippen molar-refractivity contribution in [2.24, 2.45) is 11.3 Å². The summed E-state index contributed by atoms with van der Waals surface area (Å²) < 4.78 is 0. The minimum atomic E-state index is -1.71. The maximum Gasteiger partial charge on any atom is 0.318 e. The van der Waals surface area contributed by atoms with Gasteiger partial charge in [-0.3, -0.25) is 19.2 Å². The molecule has 1 spiro atoms. The molecular formula is C24H30N4O5. The Bertz CT molecular complexity index is 1040.